The van der Waals surface area contributed by atoms with Gasteiger partial charge in [0.2, 0.25) is 0 Å². The molecule has 0 spiro atoms. The van der Waals surface area contributed by atoms with E-state index in [1.54, 1.807) is 30.3 Å². The Morgan fingerprint density at radius 2 is 1.38 bits per heavy atom. The molecule has 2 amide bonds. The van der Waals surface area contributed by atoms with Gasteiger partial charge in [-0.15, -0.1) is 0 Å². The zero-order valence-corrected chi connectivity index (χ0v) is 19.7. The van der Waals surface area contributed by atoms with Crippen LogP contribution in [0.4, 0.5) is 11.4 Å². The summed E-state index contributed by atoms with van der Waals surface area (Å²) >= 11 is 12.4. The molecule has 162 valence electrons. The van der Waals surface area contributed by atoms with Crippen molar-refractivity contribution < 1.29 is 9.59 Å². The number of hydrogen-bond donors (Lipinski definition) is 1. The van der Waals surface area contributed by atoms with Crippen LogP contribution in [0.25, 0.3) is 5.57 Å². The topological polar surface area (TPSA) is 49.4 Å². The summed E-state index contributed by atoms with van der Waals surface area (Å²) in [6.07, 6.45) is 0. The van der Waals surface area contributed by atoms with Gasteiger partial charge in [-0.3, -0.25) is 9.59 Å². The lowest BCUT2D eigenvalue weighted by molar-refractivity contribution is -0.120. The van der Waals surface area contributed by atoms with Crippen LogP contribution in [-0.2, 0) is 9.59 Å². The molecule has 0 saturated carbocycles. The molecule has 1 heterocycles. The van der Waals surface area contributed by atoms with Gasteiger partial charge in [0, 0.05) is 15.7 Å². The minimum absolute atomic E-state index is 0.215. The van der Waals surface area contributed by atoms with E-state index in [1.165, 1.54) is 4.90 Å². The van der Waals surface area contributed by atoms with E-state index in [4.69, 9.17) is 23.2 Å². The first-order chi connectivity index (χ1) is 15.2. The van der Waals surface area contributed by atoms with Crippen LogP contribution in [0.3, 0.4) is 0 Å². The molecule has 0 unspecified atom stereocenters. The van der Waals surface area contributed by atoms with Crippen LogP contribution in [0.15, 0.2) is 60.3 Å². The molecular formula is C26H22Cl2N2O2. The smallest absolute Gasteiger partial charge is 0.282 e. The Kier molecular flexibility index (Phi) is 5.85. The van der Waals surface area contributed by atoms with E-state index in [0.29, 0.717) is 32.6 Å². The van der Waals surface area contributed by atoms with Crippen LogP contribution in [0, 0.1) is 27.7 Å². The van der Waals surface area contributed by atoms with Crippen LogP contribution in [0.1, 0.15) is 27.8 Å². The van der Waals surface area contributed by atoms with Crippen molar-refractivity contribution >= 4 is 52.0 Å². The first-order valence-electron chi connectivity index (χ1n) is 10.2. The monoisotopic (exact) mass is 464 g/mol. The molecule has 1 aliphatic heterocycles. The van der Waals surface area contributed by atoms with E-state index < -0.39 is 11.8 Å². The highest BCUT2D eigenvalue weighted by atomic mass is 35.5. The number of nitrogens with one attached hydrogen (secondary N) is 1. The van der Waals surface area contributed by atoms with Gasteiger partial charge in [0.15, 0.2) is 0 Å². The molecule has 0 atom stereocenters. The molecule has 32 heavy (non-hydrogen) atoms. The van der Waals surface area contributed by atoms with Gasteiger partial charge in [-0.25, -0.2) is 4.90 Å². The van der Waals surface area contributed by atoms with Crippen molar-refractivity contribution in [3.05, 3.63) is 98.2 Å². The summed E-state index contributed by atoms with van der Waals surface area (Å²) in [4.78, 5) is 28.6. The fraction of sp³-hybridized carbons (Fsp3) is 0.154. The van der Waals surface area contributed by atoms with E-state index in [-0.39, 0.29) is 5.70 Å². The fourth-order valence-corrected chi connectivity index (χ4v) is 4.23. The molecule has 1 aliphatic rings. The standard InChI is InChI=1S/C26H22Cl2N2O2/c1-14-5-10-20(17(4)11-14)23-24(29-21-12-18(27)8-6-15(21)2)26(32)30(25(23)31)22-13-19(28)9-7-16(22)3/h5-13,29H,1-4H3. The van der Waals surface area contributed by atoms with E-state index in [9.17, 15) is 9.59 Å². The summed E-state index contributed by atoms with van der Waals surface area (Å²) in [5.74, 6) is -0.829. The Morgan fingerprint density at radius 3 is 2.06 bits per heavy atom. The van der Waals surface area contributed by atoms with Gasteiger partial charge in [0.25, 0.3) is 11.8 Å². The number of aryl methyl sites for hydroxylation is 4. The van der Waals surface area contributed by atoms with E-state index in [0.717, 1.165) is 22.3 Å². The first-order valence-corrected chi connectivity index (χ1v) is 10.9. The lowest BCUT2D eigenvalue weighted by Crippen LogP contribution is -2.33. The quantitative estimate of drug-likeness (QED) is 0.441. The lowest BCUT2D eigenvalue weighted by atomic mass is 9.97. The van der Waals surface area contributed by atoms with Crippen molar-refractivity contribution in [3.8, 4) is 0 Å². The van der Waals surface area contributed by atoms with Crippen molar-refractivity contribution in [2.45, 2.75) is 27.7 Å². The third kappa shape index (κ3) is 3.92. The number of nitrogens with zero attached hydrogens (tertiary/aromatic N) is 1. The Hall–Kier alpha value is -3.08. The number of carbonyl (C=O) groups is 2. The first kappa shape index (κ1) is 22.1. The number of anilines is 2. The molecule has 4 rings (SSSR count). The number of rotatable bonds is 4. The maximum absolute atomic E-state index is 13.7. The Labute approximate surface area is 197 Å². The van der Waals surface area contributed by atoms with Gasteiger partial charge in [-0.2, -0.15) is 0 Å². The molecule has 0 fully saturated rings. The third-order valence-corrected chi connectivity index (χ3v) is 6.08. The summed E-state index contributed by atoms with van der Waals surface area (Å²) < 4.78 is 0. The van der Waals surface area contributed by atoms with Crippen molar-refractivity contribution in [1.29, 1.82) is 0 Å². The highest BCUT2D eigenvalue weighted by molar-refractivity contribution is 6.46. The summed E-state index contributed by atoms with van der Waals surface area (Å²) in [7, 11) is 0. The maximum atomic E-state index is 13.7. The van der Waals surface area contributed by atoms with E-state index in [2.05, 4.69) is 5.32 Å². The minimum Gasteiger partial charge on any atom is -0.350 e. The zero-order chi connectivity index (χ0) is 23.2. The number of halogens is 2. The average Bonchev–Trinajstić information content (AvgIpc) is 2.96. The average molecular weight is 465 g/mol. The Bertz CT molecular complexity index is 1310. The van der Waals surface area contributed by atoms with Crippen LogP contribution < -0.4 is 10.2 Å². The van der Waals surface area contributed by atoms with Crippen molar-refractivity contribution in [2.24, 2.45) is 0 Å². The Morgan fingerprint density at radius 1 is 0.719 bits per heavy atom. The largest absolute Gasteiger partial charge is 0.350 e. The normalized spacial score (nSPS) is 13.9. The molecule has 3 aromatic rings. The number of amides is 2. The van der Waals surface area contributed by atoms with Crippen LogP contribution >= 0.6 is 23.2 Å². The molecular weight excluding hydrogens is 443 g/mol. The molecule has 4 nitrogen and oxygen atoms in total. The Balaban J connectivity index is 1.91. The molecule has 0 saturated heterocycles. The van der Waals surface area contributed by atoms with Crippen molar-refractivity contribution in [1.82, 2.24) is 0 Å². The summed E-state index contributed by atoms with van der Waals surface area (Å²) in [6, 6.07) is 16.4. The molecule has 6 heteroatoms. The second-order valence-corrected chi connectivity index (χ2v) is 8.90. The molecule has 1 N–H and O–H groups in total. The fourth-order valence-electron chi connectivity index (χ4n) is 3.90. The number of hydrogen-bond acceptors (Lipinski definition) is 3. The molecule has 3 aromatic carbocycles. The second kappa shape index (κ2) is 8.45. The lowest BCUT2D eigenvalue weighted by Gasteiger charge is -2.18. The molecule has 0 bridgehead atoms. The second-order valence-electron chi connectivity index (χ2n) is 8.03. The van der Waals surface area contributed by atoms with E-state index in [1.807, 2.05) is 52.0 Å². The van der Waals surface area contributed by atoms with E-state index >= 15 is 0 Å². The third-order valence-electron chi connectivity index (χ3n) is 5.61. The van der Waals surface area contributed by atoms with Gasteiger partial charge < -0.3 is 5.32 Å². The van der Waals surface area contributed by atoms with Crippen molar-refractivity contribution in [2.75, 3.05) is 10.2 Å². The maximum Gasteiger partial charge on any atom is 0.282 e. The predicted molar refractivity (Wildman–Crippen MR) is 131 cm³/mol. The van der Waals surface area contributed by atoms with Gasteiger partial charge in [-0.1, -0.05) is 59.1 Å². The van der Waals surface area contributed by atoms with Crippen LogP contribution in [-0.4, -0.2) is 11.8 Å². The van der Waals surface area contributed by atoms with Crippen LogP contribution in [0.5, 0.6) is 0 Å². The summed E-state index contributed by atoms with van der Waals surface area (Å²) in [6.45, 7) is 7.68. The SMILES string of the molecule is Cc1ccc(C2=C(Nc3cc(Cl)ccc3C)C(=O)N(c3cc(Cl)ccc3C)C2=O)c(C)c1. The van der Waals surface area contributed by atoms with Gasteiger partial charge in [0.05, 0.1) is 11.3 Å². The van der Waals surface area contributed by atoms with Gasteiger partial charge >= 0.3 is 0 Å². The highest BCUT2D eigenvalue weighted by Gasteiger charge is 2.41. The van der Waals surface area contributed by atoms with Crippen molar-refractivity contribution in [3.63, 3.8) is 0 Å². The minimum atomic E-state index is -0.435. The van der Waals surface area contributed by atoms with Crippen LogP contribution in [0.2, 0.25) is 10.0 Å². The predicted octanol–water partition coefficient (Wildman–Crippen LogP) is 6.62. The molecule has 0 aliphatic carbocycles. The highest BCUT2D eigenvalue weighted by Crippen LogP contribution is 2.37. The van der Waals surface area contributed by atoms with Gasteiger partial charge in [-0.05, 0) is 74.2 Å². The van der Waals surface area contributed by atoms with Gasteiger partial charge in [0.1, 0.15) is 5.70 Å². The number of benzene rings is 3. The summed E-state index contributed by atoms with van der Waals surface area (Å²) in [5.41, 5.74) is 6.04. The number of imide groups is 1. The molecule has 0 radical (unpaired) electrons. The molecule has 0 aromatic heterocycles. The summed E-state index contributed by atoms with van der Waals surface area (Å²) in [5, 5.41) is 4.19. The zero-order valence-electron chi connectivity index (χ0n) is 18.2. The number of carbonyl (C=O) groups excluding carboxylic acids is 2.